The van der Waals surface area contributed by atoms with Gasteiger partial charge < -0.3 is 19.7 Å². The first-order valence-electron chi connectivity index (χ1n) is 11.8. The largest absolute Gasteiger partial charge is 0.454 e. The van der Waals surface area contributed by atoms with Gasteiger partial charge >= 0.3 is 0 Å². The molecule has 9 nitrogen and oxygen atoms in total. The van der Waals surface area contributed by atoms with Gasteiger partial charge in [-0.2, -0.15) is 0 Å². The van der Waals surface area contributed by atoms with E-state index in [4.69, 9.17) is 9.47 Å². The van der Waals surface area contributed by atoms with Gasteiger partial charge in [0.2, 0.25) is 28.6 Å². The molecule has 0 radical (unpaired) electrons. The summed E-state index contributed by atoms with van der Waals surface area (Å²) in [7, 11) is -3.60. The number of ether oxygens (including phenoxy) is 2. The van der Waals surface area contributed by atoms with Gasteiger partial charge in [0.25, 0.3) is 0 Å². The smallest absolute Gasteiger partial charge is 0.242 e. The van der Waals surface area contributed by atoms with Crippen LogP contribution in [0.4, 0.5) is 5.69 Å². The molecule has 3 rings (SSSR count). The maximum absolute atomic E-state index is 13.3. The third kappa shape index (κ3) is 7.36. The van der Waals surface area contributed by atoms with Crippen LogP contribution >= 0.6 is 15.9 Å². The standard InChI is InChI=1S/C25H32BrN3O6S/c1-4-13-27-25(31)18(2)28(16-19-7-9-20(26)10-8-19)24(30)6-5-14-29(36(3,32)33)21-11-12-22-23(15-21)35-17-34-22/h7-12,15,18H,4-6,13-14,16-17H2,1-3H3,(H,27,31)/t18-/m0/s1. The number of hydrogen-bond donors (Lipinski definition) is 1. The number of amides is 2. The predicted molar refractivity (Wildman–Crippen MR) is 141 cm³/mol. The summed E-state index contributed by atoms with van der Waals surface area (Å²) >= 11 is 3.41. The van der Waals surface area contributed by atoms with Gasteiger partial charge in [0.05, 0.1) is 11.9 Å². The van der Waals surface area contributed by atoms with Crippen molar-refractivity contribution in [3.8, 4) is 11.5 Å². The summed E-state index contributed by atoms with van der Waals surface area (Å²) in [4.78, 5) is 27.5. The van der Waals surface area contributed by atoms with Crippen molar-refractivity contribution in [1.82, 2.24) is 10.2 Å². The van der Waals surface area contributed by atoms with E-state index in [0.717, 1.165) is 22.7 Å². The lowest BCUT2D eigenvalue weighted by molar-refractivity contribution is -0.140. The van der Waals surface area contributed by atoms with Gasteiger partial charge in [-0.15, -0.1) is 0 Å². The van der Waals surface area contributed by atoms with E-state index in [1.807, 2.05) is 31.2 Å². The number of fused-ring (bicyclic) bond motifs is 1. The third-order valence-corrected chi connectivity index (χ3v) is 7.50. The molecule has 0 bridgehead atoms. The van der Waals surface area contributed by atoms with Crippen molar-refractivity contribution >= 4 is 43.5 Å². The van der Waals surface area contributed by atoms with Crippen molar-refractivity contribution in [1.29, 1.82) is 0 Å². The fraction of sp³-hybridized carbons (Fsp3) is 0.440. The van der Waals surface area contributed by atoms with Gasteiger partial charge in [-0.1, -0.05) is 35.0 Å². The summed E-state index contributed by atoms with van der Waals surface area (Å²) in [5, 5.41) is 2.85. The second-order valence-electron chi connectivity index (χ2n) is 8.59. The zero-order chi connectivity index (χ0) is 26.3. The molecule has 36 heavy (non-hydrogen) atoms. The molecule has 2 aromatic carbocycles. The molecule has 0 saturated carbocycles. The van der Waals surface area contributed by atoms with Crippen LogP contribution < -0.4 is 19.1 Å². The average molecular weight is 583 g/mol. The quantitative estimate of drug-likeness (QED) is 0.410. The number of rotatable bonds is 12. The zero-order valence-corrected chi connectivity index (χ0v) is 23.1. The Kier molecular flexibility index (Phi) is 9.61. The predicted octanol–water partition coefficient (Wildman–Crippen LogP) is 3.67. The molecule has 0 spiro atoms. The molecule has 0 unspecified atom stereocenters. The minimum absolute atomic E-state index is 0.0818. The van der Waals surface area contributed by atoms with Gasteiger partial charge in [-0.05, 0) is 49.6 Å². The number of halogens is 1. The molecular weight excluding hydrogens is 550 g/mol. The van der Waals surface area contributed by atoms with Crippen molar-refractivity contribution in [2.75, 3.05) is 30.4 Å². The van der Waals surface area contributed by atoms with Crippen molar-refractivity contribution in [3.05, 3.63) is 52.5 Å². The first-order chi connectivity index (χ1) is 17.1. The highest BCUT2D eigenvalue weighted by Gasteiger charge is 2.27. The zero-order valence-electron chi connectivity index (χ0n) is 20.7. The van der Waals surface area contributed by atoms with Gasteiger partial charge in [0.15, 0.2) is 11.5 Å². The first-order valence-corrected chi connectivity index (χ1v) is 14.4. The van der Waals surface area contributed by atoms with Crippen LogP contribution in [-0.4, -0.2) is 57.3 Å². The summed E-state index contributed by atoms with van der Waals surface area (Å²) in [5.41, 5.74) is 1.33. The number of anilines is 1. The molecule has 0 aliphatic carbocycles. The van der Waals surface area contributed by atoms with Gasteiger partial charge in [0.1, 0.15) is 6.04 Å². The van der Waals surface area contributed by atoms with E-state index in [2.05, 4.69) is 21.2 Å². The average Bonchev–Trinajstić information content (AvgIpc) is 3.31. The second-order valence-corrected chi connectivity index (χ2v) is 11.4. The summed E-state index contributed by atoms with van der Waals surface area (Å²) in [5.74, 6) is 0.586. The number of benzene rings is 2. The molecule has 1 N–H and O–H groups in total. The van der Waals surface area contributed by atoms with Crippen molar-refractivity contribution in [2.45, 2.75) is 45.7 Å². The second kappa shape index (κ2) is 12.4. The number of hydrogen-bond acceptors (Lipinski definition) is 6. The number of nitrogens with zero attached hydrogens (tertiary/aromatic N) is 2. The Bertz CT molecular complexity index is 1170. The molecule has 0 fully saturated rings. The van der Waals surface area contributed by atoms with Gasteiger partial charge in [-0.25, -0.2) is 8.42 Å². The number of carbonyl (C=O) groups excluding carboxylic acids is 2. The highest BCUT2D eigenvalue weighted by molar-refractivity contribution is 9.10. The topological polar surface area (TPSA) is 105 Å². The van der Waals surface area contributed by atoms with E-state index in [-0.39, 0.29) is 44.5 Å². The van der Waals surface area contributed by atoms with Crippen LogP contribution in [0.15, 0.2) is 46.9 Å². The Morgan fingerprint density at radius 3 is 2.47 bits per heavy atom. The van der Waals surface area contributed by atoms with Crippen LogP contribution in [0.25, 0.3) is 0 Å². The monoisotopic (exact) mass is 581 g/mol. The highest BCUT2D eigenvalue weighted by Crippen LogP contribution is 2.36. The molecule has 196 valence electrons. The minimum atomic E-state index is -3.60. The van der Waals surface area contributed by atoms with Crippen LogP contribution in [-0.2, 0) is 26.2 Å². The van der Waals surface area contributed by atoms with E-state index in [0.29, 0.717) is 23.7 Å². The lowest BCUT2D eigenvalue weighted by Crippen LogP contribution is -2.47. The molecular formula is C25H32BrN3O6S. The molecule has 11 heteroatoms. The Balaban J connectivity index is 1.71. The first kappa shape index (κ1) is 27.8. The van der Waals surface area contributed by atoms with Crippen molar-refractivity contribution < 1.29 is 27.5 Å². The van der Waals surface area contributed by atoms with Crippen LogP contribution in [0.2, 0.25) is 0 Å². The lowest BCUT2D eigenvalue weighted by Gasteiger charge is -2.29. The highest BCUT2D eigenvalue weighted by atomic mass is 79.9. The molecule has 2 aromatic rings. The van der Waals surface area contributed by atoms with E-state index in [1.165, 1.54) is 4.31 Å². The summed E-state index contributed by atoms with van der Waals surface area (Å²) in [6, 6.07) is 11.8. The number of sulfonamides is 1. The number of nitrogens with one attached hydrogen (secondary N) is 1. The fourth-order valence-corrected chi connectivity index (χ4v) is 5.03. The Hall–Kier alpha value is -2.79. The molecule has 0 aromatic heterocycles. The summed E-state index contributed by atoms with van der Waals surface area (Å²) in [6.07, 6.45) is 2.28. The van der Waals surface area contributed by atoms with E-state index < -0.39 is 16.1 Å². The Morgan fingerprint density at radius 1 is 1.11 bits per heavy atom. The van der Waals surface area contributed by atoms with Crippen molar-refractivity contribution in [3.63, 3.8) is 0 Å². The molecule has 1 aliphatic heterocycles. The van der Waals surface area contributed by atoms with Gasteiger partial charge in [-0.3, -0.25) is 13.9 Å². The van der Waals surface area contributed by atoms with Crippen LogP contribution in [0, 0.1) is 0 Å². The molecule has 1 aliphatic rings. The van der Waals surface area contributed by atoms with E-state index in [1.54, 1.807) is 30.0 Å². The van der Waals surface area contributed by atoms with Gasteiger partial charge in [0, 0.05) is 36.6 Å². The van der Waals surface area contributed by atoms with Crippen LogP contribution in [0.1, 0.15) is 38.7 Å². The van der Waals surface area contributed by atoms with Crippen molar-refractivity contribution in [2.24, 2.45) is 0 Å². The SMILES string of the molecule is CCCNC(=O)[C@H](C)N(Cc1ccc(Br)cc1)C(=O)CCCN(c1ccc2c(c1)OCO2)S(C)(=O)=O. The Morgan fingerprint density at radius 2 is 1.81 bits per heavy atom. The van der Waals surface area contributed by atoms with Crippen LogP contribution in [0.3, 0.4) is 0 Å². The van der Waals surface area contributed by atoms with Crippen LogP contribution in [0.5, 0.6) is 11.5 Å². The molecule has 1 heterocycles. The summed E-state index contributed by atoms with van der Waals surface area (Å²) < 4.78 is 37.9. The normalized spacial score (nSPS) is 13.2. The maximum Gasteiger partial charge on any atom is 0.242 e. The maximum atomic E-state index is 13.3. The minimum Gasteiger partial charge on any atom is -0.454 e. The molecule has 0 saturated heterocycles. The Labute approximate surface area is 220 Å². The molecule has 1 atom stereocenters. The molecule has 2 amide bonds. The number of carbonyl (C=O) groups is 2. The van der Waals surface area contributed by atoms with E-state index in [9.17, 15) is 18.0 Å². The third-order valence-electron chi connectivity index (χ3n) is 5.78. The fourth-order valence-electron chi connectivity index (χ4n) is 3.81. The van der Waals surface area contributed by atoms with E-state index >= 15 is 0 Å². The summed E-state index contributed by atoms with van der Waals surface area (Å²) in [6.45, 7) is 4.66. The lowest BCUT2D eigenvalue weighted by atomic mass is 10.1.